The van der Waals surface area contributed by atoms with Crippen molar-refractivity contribution in [3.8, 4) is 5.75 Å². The van der Waals surface area contributed by atoms with Crippen LogP contribution in [0, 0.1) is 11.8 Å². The number of nitrogens with one attached hydrogen (secondary N) is 1. The van der Waals surface area contributed by atoms with Crippen LogP contribution in [0.5, 0.6) is 5.75 Å². The first-order valence-electron chi connectivity index (χ1n) is 10.5. The number of ether oxygens (including phenoxy) is 1. The van der Waals surface area contributed by atoms with Gasteiger partial charge in [0.1, 0.15) is 5.75 Å². The third-order valence-corrected chi connectivity index (χ3v) is 6.83. The predicted molar refractivity (Wildman–Crippen MR) is 117 cm³/mol. The highest BCUT2D eigenvalue weighted by atomic mass is 16.5. The van der Waals surface area contributed by atoms with Crippen molar-refractivity contribution in [2.45, 2.75) is 51.2 Å². The SMILES string of the molecule is C=C[C@H]1CN2CCC1C[C@H]2[C@H](O)c1c(C(C)(C)C)c(=O)[nH]c2ccc(OC)cc12. The molecule has 3 aliphatic heterocycles. The van der Waals surface area contributed by atoms with Gasteiger partial charge in [0.25, 0.3) is 5.56 Å². The molecular weight excluding hydrogens is 364 g/mol. The maximum absolute atomic E-state index is 13.1. The van der Waals surface area contributed by atoms with Crippen LogP contribution < -0.4 is 10.3 Å². The fourth-order valence-corrected chi connectivity index (χ4v) is 5.37. The third-order valence-electron chi connectivity index (χ3n) is 6.83. The van der Waals surface area contributed by atoms with Gasteiger partial charge in [-0.15, -0.1) is 6.58 Å². The van der Waals surface area contributed by atoms with Crippen molar-refractivity contribution < 1.29 is 9.84 Å². The van der Waals surface area contributed by atoms with E-state index in [-0.39, 0.29) is 11.6 Å². The maximum Gasteiger partial charge on any atom is 0.252 e. The van der Waals surface area contributed by atoms with Crippen molar-refractivity contribution >= 4 is 10.9 Å². The van der Waals surface area contributed by atoms with E-state index in [0.717, 1.165) is 48.1 Å². The molecule has 0 amide bonds. The summed E-state index contributed by atoms with van der Waals surface area (Å²) < 4.78 is 5.44. The van der Waals surface area contributed by atoms with E-state index in [2.05, 4.69) is 22.5 Å². The Bertz CT molecular complexity index is 988. The summed E-state index contributed by atoms with van der Waals surface area (Å²) in [5, 5.41) is 12.6. The summed E-state index contributed by atoms with van der Waals surface area (Å²) in [6, 6.07) is 5.65. The minimum Gasteiger partial charge on any atom is -0.497 e. The summed E-state index contributed by atoms with van der Waals surface area (Å²) in [6.45, 7) is 12.0. The van der Waals surface area contributed by atoms with Crippen molar-refractivity contribution in [1.82, 2.24) is 9.88 Å². The molecule has 0 spiro atoms. The average Bonchev–Trinajstić information content (AvgIpc) is 2.71. The number of nitrogens with zero attached hydrogens (tertiary/aromatic N) is 1. The molecule has 2 bridgehead atoms. The third kappa shape index (κ3) is 3.40. The van der Waals surface area contributed by atoms with Crippen LogP contribution >= 0.6 is 0 Å². The van der Waals surface area contributed by atoms with Crippen molar-refractivity contribution in [3.63, 3.8) is 0 Å². The lowest BCUT2D eigenvalue weighted by Gasteiger charge is -2.51. The van der Waals surface area contributed by atoms with Crippen LogP contribution in [0.25, 0.3) is 10.9 Å². The first-order chi connectivity index (χ1) is 13.7. The molecule has 2 N–H and O–H groups in total. The molecule has 1 aromatic carbocycles. The molecule has 0 radical (unpaired) electrons. The number of aromatic amines is 1. The topological polar surface area (TPSA) is 65.6 Å². The Labute approximate surface area is 172 Å². The highest BCUT2D eigenvalue weighted by Gasteiger charge is 2.43. The molecule has 4 heterocycles. The van der Waals surface area contributed by atoms with Crippen molar-refractivity contribution in [2.24, 2.45) is 11.8 Å². The Hall–Kier alpha value is -2.11. The van der Waals surface area contributed by atoms with Gasteiger partial charge in [0, 0.05) is 34.6 Å². The molecule has 0 aliphatic carbocycles. The van der Waals surface area contributed by atoms with E-state index in [4.69, 9.17) is 4.74 Å². The number of aromatic nitrogens is 1. The quantitative estimate of drug-likeness (QED) is 0.773. The number of aliphatic hydroxyl groups is 1. The van der Waals surface area contributed by atoms with E-state index < -0.39 is 11.5 Å². The van der Waals surface area contributed by atoms with Gasteiger partial charge in [-0.25, -0.2) is 0 Å². The first kappa shape index (κ1) is 20.2. The number of methoxy groups -OCH3 is 1. The Kier molecular flexibility index (Phi) is 5.07. The number of hydrogen-bond acceptors (Lipinski definition) is 4. The number of hydrogen-bond donors (Lipinski definition) is 2. The first-order valence-corrected chi connectivity index (χ1v) is 10.5. The average molecular weight is 397 g/mol. The Morgan fingerprint density at radius 1 is 1.38 bits per heavy atom. The molecule has 5 nitrogen and oxygen atoms in total. The molecule has 1 aromatic heterocycles. The van der Waals surface area contributed by atoms with E-state index >= 15 is 0 Å². The molecule has 3 fully saturated rings. The number of piperidine rings is 3. The van der Waals surface area contributed by atoms with Crippen LogP contribution in [-0.2, 0) is 5.41 Å². The minimum atomic E-state index is -0.727. The summed E-state index contributed by atoms with van der Waals surface area (Å²) >= 11 is 0. The molecule has 2 unspecified atom stereocenters. The van der Waals surface area contributed by atoms with E-state index in [9.17, 15) is 9.90 Å². The molecule has 156 valence electrons. The summed E-state index contributed by atoms with van der Waals surface area (Å²) in [5.74, 6) is 1.76. The predicted octanol–water partition coefficient (Wildman–Crippen LogP) is 3.76. The van der Waals surface area contributed by atoms with Gasteiger partial charge in [-0.1, -0.05) is 26.8 Å². The highest BCUT2D eigenvalue weighted by Crippen LogP contribution is 2.44. The van der Waals surface area contributed by atoms with Crippen molar-refractivity contribution in [2.75, 3.05) is 20.2 Å². The van der Waals surface area contributed by atoms with Crippen LogP contribution in [0.15, 0.2) is 35.6 Å². The number of aliphatic hydroxyl groups excluding tert-OH is 1. The lowest BCUT2D eigenvalue weighted by molar-refractivity contribution is -0.0449. The molecule has 5 rings (SSSR count). The Balaban J connectivity index is 1.89. The zero-order valence-electron chi connectivity index (χ0n) is 17.9. The second-order valence-corrected chi connectivity index (χ2v) is 9.60. The van der Waals surface area contributed by atoms with Crippen molar-refractivity contribution in [3.05, 3.63) is 52.3 Å². The number of fused-ring (bicyclic) bond motifs is 4. The number of H-pyrrole nitrogens is 1. The molecule has 3 saturated heterocycles. The summed E-state index contributed by atoms with van der Waals surface area (Å²) in [7, 11) is 1.63. The fraction of sp³-hybridized carbons (Fsp3) is 0.542. The van der Waals surface area contributed by atoms with Gasteiger partial charge in [0.2, 0.25) is 0 Å². The van der Waals surface area contributed by atoms with Gasteiger partial charge >= 0.3 is 0 Å². The van der Waals surface area contributed by atoms with E-state index in [0.29, 0.717) is 17.4 Å². The Morgan fingerprint density at radius 2 is 2.14 bits per heavy atom. The largest absolute Gasteiger partial charge is 0.497 e. The molecule has 5 atom stereocenters. The van der Waals surface area contributed by atoms with E-state index in [1.165, 1.54) is 0 Å². The minimum absolute atomic E-state index is 0.0160. The molecule has 0 saturated carbocycles. The standard InChI is InChI=1S/C24H32N2O3/c1-6-14-13-26-10-9-15(14)11-19(26)22(27)20-17-12-16(29-5)7-8-18(17)25-23(28)21(20)24(2,3)4/h6-8,12,14-15,19,22,27H,1,9-11,13H2,2-5H3,(H,25,28)/t14-,15?,19-,22-/m0/s1. The molecule has 5 heteroatoms. The van der Waals surface area contributed by atoms with Crippen LogP contribution in [0.1, 0.15) is 50.8 Å². The summed E-state index contributed by atoms with van der Waals surface area (Å²) in [4.78, 5) is 18.5. The lowest BCUT2D eigenvalue weighted by Crippen LogP contribution is -2.55. The second-order valence-electron chi connectivity index (χ2n) is 9.60. The highest BCUT2D eigenvalue weighted by molar-refractivity contribution is 5.85. The second kappa shape index (κ2) is 7.29. The molecule has 29 heavy (non-hydrogen) atoms. The van der Waals surface area contributed by atoms with Crippen molar-refractivity contribution in [1.29, 1.82) is 0 Å². The smallest absolute Gasteiger partial charge is 0.252 e. The van der Waals surface area contributed by atoms with Crippen LogP contribution in [0.2, 0.25) is 0 Å². The van der Waals surface area contributed by atoms with Gasteiger partial charge in [-0.05, 0) is 54.8 Å². The monoisotopic (exact) mass is 396 g/mol. The van der Waals surface area contributed by atoms with E-state index in [1.54, 1.807) is 7.11 Å². The number of rotatable bonds is 4. The van der Waals surface area contributed by atoms with Gasteiger partial charge in [-0.3, -0.25) is 9.69 Å². The molecule has 2 aromatic rings. The zero-order valence-corrected chi connectivity index (χ0v) is 17.9. The normalized spacial score (nSPS) is 27.8. The van der Waals surface area contributed by atoms with E-state index in [1.807, 2.05) is 39.0 Å². The molecular formula is C24H32N2O3. The summed E-state index contributed by atoms with van der Waals surface area (Å²) in [6.07, 6.45) is 3.41. The number of benzene rings is 1. The van der Waals surface area contributed by atoms with Crippen LogP contribution in [0.3, 0.4) is 0 Å². The van der Waals surface area contributed by atoms with Crippen LogP contribution in [0.4, 0.5) is 0 Å². The lowest BCUT2D eigenvalue weighted by atomic mass is 9.72. The number of pyridine rings is 1. The Morgan fingerprint density at radius 3 is 2.72 bits per heavy atom. The summed E-state index contributed by atoms with van der Waals surface area (Å²) in [5.41, 5.74) is 1.63. The fourth-order valence-electron chi connectivity index (χ4n) is 5.37. The van der Waals surface area contributed by atoms with Gasteiger partial charge in [-0.2, -0.15) is 0 Å². The molecule has 3 aliphatic rings. The zero-order chi connectivity index (χ0) is 20.9. The van der Waals surface area contributed by atoms with Crippen LogP contribution in [-0.4, -0.2) is 41.2 Å². The maximum atomic E-state index is 13.1. The van der Waals surface area contributed by atoms with Gasteiger partial charge < -0.3 is 14.8 Å². The van der Waals surface area contributed by atoms with Gasteiger partial charge in [0.05, 0.1) is 13.2 Å². The van der Waals surface area contributed by atoms with Gasteiger partial charge in [0.15, 0.2) is 0 Å².